The number of hydrogen-bond donors (Lipinski definition) is 1. The number of nitrogens with zero attached hydrogens (tertiary/aromatic N) is 4. The Hall–Kier alpha value is -3.07. The monoisotopic (exact) mass is 397 g/mol. The summed E-state index contributed by atoms with van der Waals surface area (Å²) < 4.78 is 11.3. The van der Waals surface area contributed by atoms with Crippen molar-refractivity contribution in [2.24, 2.45) is 5.10 Å². The van der Waals surface area contributed by atoms with Crippen molar-refractivity contribution in [2.45, 2.75) is 38.2 Å². The summed E-state index contributed by atoms with van der Waals surface area (Å²) >= 11 is 0. The largest absolute Gasteiger partial charge is 0.376 e. The van der Waals surface area contributed by atoms with E-state index in [0.717, 1.165) is 18.4 Å². The SMILES string of the molecule is O=C1CCC(C(=O)N2CCCC(OCCc3noc(-c4ccccc4)n3)C2)=NN1. The first kappa shape index (κ1) is 19.3. The molecular weight excluding hydrogens is 374 g/mol. The van der Waals surface area contributed by atoms with Crippen molar-refractivity contribution < 1.29 is 18.8 Å². The van der Waals surface area contributed by atoms with Gasteiger partial charge in [0.05, 0.1) is 12.7 Å². The van der Waals surface area contributed by atoms with Crippen molar-refractivity contribution in [1.29, 1.82) is 0 Å². The summed E-state index contributed by atoms with van der Waals surface area (Å²) in [6.45, 7) is 1.65. The molecule has 1 fully saturated rings. The Morgan fingerprint density at radius 3 is 2.93 bits per heavy atom. The Bertz CT molecular complexity index is 895. The molecule has 152 valence electrons. The number of carbonyl (C=O) groups is 2. The number of piperidine rings is 1. The summed E-state index contributed by atoms with van der Waals surface area (Å²) in [5.41, 5.74) is 3.67. The van der Waals surface area contributed by atoms with Gasteiger partial charge in [0, 0.05) is 37.9 Å². The average Bonchev–Trinajstić information content (AvgIpc) is 3.24. The number of likely N-dealkylation sites (tertiary alicyclic amines) is 1. The molecule has 9 heteroatoms. The van der Waals surface area contributed by atoms with Gasteiger partial charge in [-0.2, -0.15) is 10.1 Å². The van der Waals surface area contributed by atoms with Crippen molar-refractivity contribution in [2.75, 3.05) is 19.7 Å². The molecule has 2 aromatic rings. The number of carbonyl (C=O) groups excluding carboxylic acids is 2. The number of nitrogens with one attached hydrogen (secondary N) is 1. The van der Waals surface area contributed by atoms with E-state index < -0.39 is 0 Å². The molecule has 0 bridgehead atoms. The molecular formula is C20H23N5O4. The Morgan fingerprint density at radius 1 is 1.28 bits per heavy atom. The topological polar surface area (TPSA) is 110 Å². The molecule has 0 saturated carbocycles. The zero-order valence-corrected chi connectivity index (χ0v) is 16.0. The van der Waals surface area contributed by atoms with E-state index in [2.05, 4.69) is 20.7 Å². The van der Waals surface area contributed by atoms with Crippen LogP contribution in [0.25, 0.3) is 11.5 Å². The van der Waals surface area contributed by atoms with Gasteiger partial charge >= 0.3 is 0 Å². The highest BCUT2D eigenvalue weighted by molar-refractivity contribution is 6.39. The molecule has 1 saturated heterocycles. The Balaban J connectivity index is 1.25. The fraction of sp³-hybridized carbons (Fsp3) is 0.450. The van der Waals surface area contributed by atoms with Gasteiger partial charge in [-0.15, -0.1) is 0 Å². The number of hydrazone groups is 1. The Kier molecular flexibility index (Phi) is 5.95. The average molecular weight is 397 g/mol. The van der Waals surface area contributed by atoms with E-state index in [1.807, 2.05) is 30.3 Å². The van der Waals surface area contributed by atoms with Crippen LogP contribution in [-0.4, -0.2) is 58.4 Å². The third kappa shape index (κ3) is 4.86. The summed E-state index contributed by atoms with van der Waals surface area (Å²) in [4.78, 5) is 29.9. The highest BCUT2D eigenvalue weighted by atomic mass is 16.5. The summed E-state index contributed by atoms with van der Waals surface area (Å²) in [6, 6.07) is 9.62. The molecule has 4 rings (SSSR count). The van der Waals surface area contributed by atoms with Crippen molar-refractivity contribution >= 4 is 17.5 Å². The lowest BCUT2D eigenvalue weighted by atomic mass is 10.1. The third-order valence-corrected chi connectivity index (χ3v) is 4.98. The predicted molar refractivity (Wildman–Crippen MR) is 104 cm³/mol. The maximum Gasteiger partial charge on any atom is 0.270 e. The second-order valence-corrected chi connectivity index (χ2v) is 7.11. The fourth-order valence-corrected chi connectivity index (χ4v) is 3.44. The van der Waals surface area contributed by atoms with Crippen molar-refractivity contribution in [3.63, 3.8) is 0 Å². The molecule has 1 unspecified atom stereocenters. The molecule has 2 aliphatic heterocycles. The van der Waals surface area contributed by atoms with E-state index in [-0.39, 0.29) is 17.9 Å². The lowest BCUT2D eigenvalue weighted by Gasteiger charge is -2.33. The Morgan fingerprint density at radius 2 is 2.14 bits per heavy atom. The van der Waals surface area contributed by atoms with Gasteiger partial charge in [-0.1, -0.05) is 23.4 Å². The molecule has 29 heavy (non-hydrogen) atoms. The molecule has 1 aromatic heterocycles. The van der Waals surface area contributed by atoms with Gasteiger partial charge in [0.25, 0.3) is 11.8 Å². The van der Waals surface area contributed by atoms with E-state index in [9.17, 15) is 9.59 Å². The van der Waals surface area contributed by atoms with Crippen LogP contribution in [-0.2, 0) is 20.7 Å². The number of hydrogen-bond acceptors (Lipinski definition) is 7. The minimum atomic E-state index is -0.154. The minimum absolute atomic E-state index is 0.0352. The Labute approximate surface area is 168 Å². The van der Waals surface area contributed by atoms with Crippen molar-refractivity contribution in [1.82, 2.24) is 20.5 Å². The molecule has 9 nitrogen and oxygen atoms in total. The van der Waals surface area contributed by atoms with E-state index in [4.69, 9.17) is 9.26 Å². The summed E-state index contributed by atoms with van der Waals surface area (Å²) in [7, 11) is 0. The van der Waals surface area contributed by atoms with Crippen LogP contribution in [0.4, 0.5) is 0 Å². The third-order valence-electron chi connectivity index (χ3n) is 4.98. The molecule has 0 aliphatic carbocycles. The highest BCUT2D eigenvalue weighted by Crippen LogP contribution is 2.18. The first-order valence-corrected chi connectivity index (χ1v) is 9.83. The highest BCUT2D eigenvalue weighted by Gasteiger charge is 2.28. The van der Waals surface area contributed by atoms with Crippen LogP contribution in [0.2, 0.25) is 0 Å². The van der Waals surface area contributed by atoms with E-state index in [1.54, 1.807) is 4.90 Å². The van der Waals surface area contributed by atoms with Crippen LogP contribution in [0.1, 0.15) is 31.5 Å². The predicted octanol–water partition coefficient (Wildman–Crippen LogP) is 1.55. The van der Waals surface area contributed by atoms with E-state index >= 15 is 0 Å². The second kappa shape index (κ2) is 8.95. The molecule has 1 atom stereocenters. The lowest BCUT2D eigenvalue weighted by molar-refractivity contribution is -0.128. The number of aromatic nitrogens is 2. The van der Waals surface area contributed by atoms with E-state index in [1.165, 1.54) is 0 Å². The molecule has 2 aliphatic rings. The first-order chi connectivity index (χ1) is 14.2. The van der Waals surface area contributed by atoms with E-state index in [0.29, 0.717) is 56.4 Å². The van der Waals surface area contributed by atoms with Crippen LogP contribution >= 0.6 is 0 Å². The zero-order chi connectivity index (χ0) is 20.1. The molecule has 3 heterocycles. The summed E-state index contributed by atoms with van der Waals surface area (Å²) in [5.74, 6) is 0.817. The van der Waals surface area contributed by atoms with Crippen LogP contribution in [0.5, 0.6) is 0 Å². The van der Waals surface area contributed by atoms with Crippen molar-refractivity contribution in [3.8, 4) is 11.5 Å². The number of rotatable bonds is 6. The molecule has 0 spiro atoms. The van der Waals surface area contributed by atoms with Crippen molar-refractivity contribution in [3.05, 3.63) is 36.2 Å². The fourth-order valence-electron chi connectivity index (χ4n) is 3.44. The smallest absolute Gasteiger partial charge is 0.270 e. The van der Waals surface area contributed by atoms with Crippen LogP contribution < -0.4 is 5.43 Å². The van der Waals surface area contributed by atoms with Crippen LogP contribution in [0, 0.1) is 0 Å². The minimum Gasteiger partial charge on any atom is -0.376 e. The van der Waals surface area contributed by atoms with Gasteiger partial charge in [-0.3, -0.25) is 9.59 Å². The number of ether oxygens (including phenoxy) is 1. The maximum absolute atomic E-state index is 12.6. The first-order valence-electron chi connectivity index (χ1n) is 9.83. The number of amides is 2. The summed E-state index contributed by atoms with van der Waals surface area (Å²) in [5, 5.41) is 7.90. The molecule has 1 aromatic carbocycles. The molecule has 0 radical (unpaired) electrons. The normalized spacial score (nSPS) is 19.6. The number of benzene rings is 1. The van der Waals surface area contributed by atoms with Gasteiger partial charge in [-0.05, 0) is 25.0 Å². The van der Waals surface area contributed by atoms with Crippen LogP contribution in [0.3, 0.4) is 0 Å². The van der Waals surface area contributed by atoms with Gasteiger partial charge < -0.3 is 14.2 Å². The van der Waals surface area contributed by atoms with Gasteiger partial charge in [-0.25, -0.2) is 5.43 Å². The van der Waals surface area contributed by atoms with Gasteiger partial charge in [0.2, 0.25) is 5.91 Å². The standard InChI is InChI=1S/C20H23N5O4/c26-18-9-8-16(22-23-18)20(27)25-11-4-7-15(13-25)28-12-10-17-21-19(29-24-17)14-5-2-1-3-6-14/h1-3,5-6,15H,4,7-13H2,(H,23,26). The zero-order valence-electron chi connectivity index (χ0n) is 16.0. The molecule has 2 amide bonds. The maximum atomic E-state index is 12.6. The lowest BCUT2D eigenvalue weighted by Crippen LogP contribution is -2.47. The second-order valence-electron chi connectivity index (χ2n) is 7.11. The van der Waals surface area contributed by atoms with Gasteiger partial charge in [0.15, 0.2) is 5.82 Å². The molecule has 1 N–H and O–H groups in total. The summed E-state index contributed by atoms with van der Waals surface area (Å²) in [6.07, 6.45) is 2.96. The van der Waals surface area contributed by atoms with Crippen LogP contribution in [0.15, 0.2) is 40.0 Å². The van der Waals surface area contributed by atoms with Gasteiger partial charge in [0.1, 0.15) is 5.71 Å². The quantitative estimate of drug-likeness (QED) is 0.792.